The van der Waals surface area contributed by atoms with Gasteiger partial charge < -0.3 is 0 Å². The average Bonchev–Trinajstić information content (AvgIpc) is 3.65. The first-order valence-corrected chi connectivity index (χ1v) is 18.8. The zero-order valence-electron chi connectivity index (χ0n) is 30.1. The maximum atomic E-state index is 3.00. The second-order valence-electron chi connectivity index (χ2n) is 16.1. The minimum Gasteiger partial charge on any atom is -0.106 e. The van der Waals surface area contributed by atoms with Gasteiger partial charge in [0.1, 0.15) is 0 Å². The van der Waals surface area contributed by atoms with Crippen LogP contribution in [0.1, 0.15) is 156 Å². The molecule has 0 N–H and O–H groups in total. The predicted molar refractivity (Wildman–Crippen MR) is 197 cm³/mol. The Balaban J connectivity index is 0.000000269. The Morgan fingerprint density at radius 3 is 1.00 bits per heavy atom. The molecule has 4 atom stereocenters. The number of hydrogen-bond acceptors (Lipinski definition) is 0. The summed E-state index contributed by atoms with van der Waals surface area (Å²) in [5, 5.41) is 0. The van der Waals surface area contributed by atoms with Gasteiger partial charge in [0.15, 0.2) is 0 Å². The van der Waals surface area contributed by atoms with E-state index in [2.05, 4.69) is 80.3 Å². The summed E-state index contributed by atoms with van der Waals surface area (Å²) in [6.07, 6.45) is 30.9. The van der Waals surface area contributed by atoms with Gasteiger partial charge >= 0.3 is 0 Å². The van der Waals surface area contributed by atoms with Crippen LogP contribution < -0.4 is 0 Å². The molecule has 0 nitrogen and oxygen atoms in total. The molecule has 0 aromatic rings. The molecule has 10 saturated carbocycles. The molecule has 0 aliphatic heterocycles. The van der Waals surface area contributed by atoms with Crippen molar-refractivity contribution in [2.75, 3.05) is 0 Å². The van der Waals surface area contributed by atoms with E-state index >= 15 is 0 Å². The van der Waals surface area contributed by atoms with Gasteiger partial charge in [0.2, 0.25) is 0 Å². The third-order valence-corrected chi connectivity index (χ3v) is 12.7. The van der Waals surface area contributed by atoms with E-state index in [1.54, 1.807) is 96.3 Å². The Kier molecular flexibility index (Phi) is 20.1. The monoisotopic (exact) mass is 595 g/mol. The zero-order chi connectivity index (χ0) is 32.4. The molecular weight excluding hydrogens is 516 g/mol. The summed E-state index contributed by atoms with van der Waals surface area (Å²) in [5.41, 5.74) is 0.800. The van der Waals surface area contributed by atoms with E-state index in [-0.39, 0.29) is 0 Å². The second-order valence-corrected chi connectivity index (χ2v) is 16.1. The molecule has 0 radical (unpaired) electrons. The van der Waals surface area contributed by atoms with Crippen LogP contribution in [-0.2, 0) is 0 Å². The lowest BCUT2D eigenvalue weighted by atomic mass is 9.50. The standard InChI is InChI=1S/C11H18.C9H16.C8H14.C7H14.4C2H4/c1-11-5-8-2-9(6-11)4-10(3-8)7-11;1-7-6-8-2-4-9(7)5-3-8;1-6-4-7-2-3-8(6)5-7;1-7-5-3-2-4-6-7;4*1-2/h8-10H,2-7H2,1H3;7-9H,2-6H2,1H3;6-8H,2-5H2,1H3;7H,2-6H2,1H3;4*1-2H2. The van der Waals surface area contributed by atoms with E-state index < -0.39 is 0 Å². The van der Waals surface area contributed by atoms with Crippen LogP contribution in [0.25, 0.3) is 0 Å². The molecule has 250 valence electrons. The summed E-state index contributed by atoms with van der Waals surface area (Å²) in [4.78, 5) is 0. The van der Waals surface area contributed by atoms with Gasteiger partial charge in [-0.2, -0.15) is 0 Å². The maximum Gasteiger partial charge on any atom is -0.0318 e. The highest BCUT2D eigenvalue weighted by molar-refractivity contribution is 4.99. The van der Waals surface area contributed by atoms with Gasteiger partial charge in [-0.25, -0.2) is 0 Å². The van der Waals surface area contributed by atoms with E-state index in [4.69, 9.17) is 0 Å². The molecule has 8 bridgehead atoms. The first-order chi connectivity index (χ1) is 20.8. The molecule has 10 fully saturated rings. The highest BCUT2D eigenvalue weighted by atomic mass is 14.5. The van der Waals surface area contributed by atoms with Crippen molar-refractivity contribution in [2.24, 2.45) is 64.6 Å². The van der Waals surface area contributed by atoms with E-state index in [1.807, 2.05) is 0 Å². The van der Waals surface area contributed by atoms with Gasteiger partial charge in [-0.15, -0.1) is 52.6 Å². The second kappa shape index (κ2) is 21.7. The molecule has 10 rings (SSSR count). The van der Waals surface area contributed by atoms with Gasteiger partial charge in [-0.1, -0.05) is 79.1 Å². The van der Waals surface area contributed by atoms with Crippen molar-refractivity contribution in [3.8, 4) is 0 Å². The number of hydrogen-bond donors (Lipinski definition) is 0. The average molecular weight is 595 g/mol. The van der Waals surface area contributed by atoms with Crippen LogP contribution in [0.3, 0.4) is 0 Å². The van der Waals surface area contributed by atoms with Gasteiger partial charge in [-0.05, 0) is 142 Å². The third kappa shape index (κ3) is 13.1. The quantitative estimate of drug-likeness (QED) is 0.245. The fourth-order valence-electron chi connectivity index (χ4n) is 11.1. The summed E-state index contributed by atoms with van der Waals surface area (Å²) < 4.78 is 0. The predicted octanol–water partition coefficient (Wildman–Crippen LogP) is 14.3. The largest absolute Gasteiger partial charge is 0.106 e. The summed E-state index contributed by atoms with van der Waals surface area (Å²) in [6, 6.07) is 0. The van der Waals surface area contributed by atoms with Crippen molar-refractivity contribution < 1.29 is 0 Å². The van der Waals surface area contributed by atoms with Crippen LogP contribution in [-0.4, -0.2) is 0 Å². The first kappa shape index (κ1) is 40.0. The van der Waals surface area contributed by atoms with E-state index in [1.165, 1.54) is 32.1 Å². The smallest absolute Gasteiger partial charge is 0.0318 e. The molecule has 10 aliphatic rings. The lowest BCUT2D eigenvalue weighted by molar-refractivity contribution is -0.0411. The zero-order valence-corrected chi connectivity index (χ0v) is 30.1. The number of fused-ring (bicyclic) bond motifs is 5. The number of rotatable bonds is 0. The fourth-order valence-corrected chi connectivity index (χ4v) is 11.1. The highest BCUT2D eigenvalue weighted by Gasteiger charge is 2.48. The minimum absolute atomic E-state index is 0.800. The molecule has 0 amide bonds. The molecule has 10 aliphatic carbocycles. The maximum absolute atomic E-state index is 3.00. The summed E-state index contributed by atoms with van der Waals surface area (Å²) >= 11 is 0. The van der Waals surface area contributed by atoms with Crippen LogP contribution in [0.5, 0.6) is 0 Å². The molecule has 0 aromatic heterocycles. The first-order valence-electron chi connectivity index (χ1n) is 18.8. The van der Waals surface area contributed by atoms with E-state index in [9.17, 15) is 0 Å². The van der Waals surface area contributed by atoms with Crippen LogP contribution in [0.15, 0.2) is 52.6 Å². The fraction of sp³-hybridized carbons (Fsp3) is 0.814. The van der Waals surface area contributed by atoms with Gasteiger partial charge in [0.05, 0.1) is 0 Å². The van der Waals surface area contributed by atoms with Crippen LogP contribution in [0.2, 0.25) is 0 Å². The summed E-state index contributed by atoms with van der Waals surface area (Å²) in [6.45, 7) is 33.8. The van der Waals surface area contributed by atoms with Gasteiger partial charge in [-0.3, -0.25) is 0 Å². The van der Waals surface area contributed by atoms with E-state index in [0.29, 0.717) is 0 Å². The summed E-state index contributed by atoms with van der Waals surface area (Å²) in [5.74, 6) is 11.2. The van der Waals surface area contributed by atoms with Gasteiger partial charge in [0, 0.05) is 0 Å². The van der Waals surface area contributed by atoms with Gasteiger partial charge in [0.25, 0.3) is 0 Å². The van der Waals surface area contributed by atoms with Crippen molar-refractivity contribution in [3.63, 3.8) is 0 Å². The van der Waals surface area contributed by atoms with Crippen LogP contribution >= 0.6 is 0 Å². The molecule has 0 aromatic carbocycles. The Morgan fingerprint density at radius 1 is 0.395 bits per heavy atom. The minimum atomic E-state index is 0.800. The van der Waals surface area contributed by atoms with E-state index in [0.717, 1.165) is 64.6 Å². The van der Waals surface area contributed by atoms with Crippen LogP contribution in [0, 0.1) is 64.6 Å². The molecule has 0 heterocycles. The Bertz CT molecular complexity index is 646. The van der Waals surface area contributed by atoms with Crippen molar-refractivity contribution in [1.29, 1.82) is 0 Å². The SMILES string of the molecule is C=C.C=C.C=C.C=C.CC12CC3CC(CC(C3)C1)C2.CC1CC2CCC1C2.CC1CC2CCC1CC2.CC1CCCCC1. The molecule has 0 saturated heterocycles. The lowest BCUT2D eigenvalue weighted by Crippen LogP contribution is -2.44. The van der Waals surface area contributed by atoms with Crippen molar-refractivity contribution in [1.82, 2.24) is 0 Å². The van der Waals surface area contributed by atoms with Crippen molar-refractivity contribution in [2.45, 2.75) is 156 Å². The van der Waals surface area contributed by atoms with Crippen molar-refractivity contribution in [3.05, 3.63) is 52.6 Å². The Hall–Kier alpha value is -1.04. The third-order valence-electron chi connectivity index (χ3n) is 12.7. The Labute approximate surface area is 272 Å². The van der Waals surface area contributed by atoms with Crippen molar-refractivity contribution >= 4 is 0 Å². The topological polar surface area (TPSA) is 0 Å². The molecule has 4 unspecified atom stereocenters. The molecule has 0 spiro atoms. The molecular formula is C43H78. The van der Waals surface area contributed by atoms with Crippen LogP contribution in [0.4, 0.5) is 0 Å². The normalized spacial score (nSPS) is 40.1. The summed E-state index contributed by atoms with van der Waals surface area (Å²) in [7, 11) is 0. The Morgan fingerprint density at radius 2 is 0.791 bits per heavy atom. The lowest BCUT2D eigenvalue weighted by Gasteiger charge is -2.55. The molecule has 0 heteroatoms. The molecule has 43 heavy (non-hydrogen) atoms. The highest BCUT2D eigenvalue weighted by Crippen LogP contribution is 2.59.